The largest absolute Gasteiger partial charge is 0.355 e. The summed E-state index contributed by atoms with van der Waals surface area (Å²) < 4.78 is 0. The van der Waals surface area contributed by atoms with Crippen LogP contribution in [0.2, 0.25) is 0 Å². The van der Waals surface area contributed by atoms with Crippen LogP contribution in [0.3, 0.4) is 0 Å². The molecular weight excluding hydrogens is 264 g/mol. The van der Waals surface area contributed by atoms with Crippen LogP contribution in [0.4, 0.5) is 5.82 Å². The van der Waals surface area contributed by atoms with Gasteiger partial charge >= 0.3 is 0 Å². The predicted molar refractivity (Wildman–Crippen MR) is 84.4 cm³/mol. The zero-order valence-electron chi connectivity index (χ0n) is 13.3. The molecule has 116 valence electrons. The Kier molecular flexibility index (Phi) is 5.53. The Morgan fingerprint density at radius 3 is 2.62 bits per heavy atom. The average molecular weight is 290 g/mol. The van der Waals surface area contributed by atoms with Gasteiger partial charge in [-0.25, -0.2) is 0 Å². The lowest BCUT2D eigenvalue weighted by Gasteiger charge is -2.30. The Hall–Kier alpha value is -1.65. The van der Waals surface area contributed by atoms with Gasteiger partial charge in [0.1, 0.15) is 0 Å². The molecule has 0 atom stereocenters. The van der Waals surface area contributed by atoms with E-state index in [4.69, 9.17) is 0 Å². The molecule has 1 saturated heterocycles. The van der Waals surface area contributed by atoms with Crippen molar-refractivity contribution in [3.8, 4) is 0 Å². The highest BCUT2D eigenvalue weighted by Gasteiger charge is 2.17. The molecule has 0 spiro atoms. The number of nitrogens with one attached hydrogen (secondary N) is 1. The number of nitrogens with zero attached hydrogens (tertiary/aromatic N) is 3. The van der Waals surface area contributed by atoms with E-state index in [0.717, 1.165) is 31.2 Å². The van der Waals surface area contributed by atoms with E-state index >= 15 is 0 Å². The standard InChI is InChI=1S/C16H26N4O/c1-12(2)6-9-17-16(21)14-4-5-15(19-18-14)20-10-7-13(3)8-11-20/h4-5,12-13H,6-11H2,1-3H3,(H,17,21). The molecule has 0 aliphatic carbocycles. The van der Waals surface area contributed by atoms with Crippen LogP contribution in [-0.4, -0.2) is 35.7 Å². The third-order valence-corrected chi connectivity index (χ3v) is 4.00. The zero-order chi connectivity index (χ0) is 15.2. The van der Waals surface area contributed by atoms with E-state index in [9.17, 15) is 4.79 Å². The van der Waals surface area contributed by atoms with Crippen LogP contribution in [0.1, 0.15) is 50.5 Å². The van der Waals surface area contributed by atoms with Crippen LogP contribution < -0.4 is 10.2 Å². The molecular formula is C16H26N4O. The Labute approximate surface area is 127 Å². The van der Waals surface area contributed by atoms with E-state index in [1.54, 1.807) is 6.07 Å². The lowest BCUT2D eigenvalue weighted by atomic mass is 9.99. The van der Waals surface area contributed by atoms with Crippen molar-refractivity contribution >= 4 is 11.7 Å². The van der Waals surface area contributed by atoms with Crippen molar-refractivity contribution in [1.82, 2.24) is 15.5 Å². The lowest BCUT2D eigenvalue weighted by molar-refractivity contribution is 0.0946. The number of piperidine rings is 1. The van der Waals surface area contributed by atoms with Gasteiger partial charge in [-0.05, 0) is 43.2 Å². The maximum Gasteiger partial charge on any atom is 0.271 e. The number of hydrogen-bond acceptors (Lipinski definition) is 4. The van der Waals surface area contributed by atoms with Gasteiger partial charge in [0.2, 0.25) is 0 Å². The first-order chi connectivity index (χ1) is 10.1. The van der Waals surface area contributed by atoms with Crippen LogP contribution >= 0.6 is 0 Å². The number of hydrogen-bond donors (Lipinski definition) is 1. The van der Waals surface area contributed by atoms with Gasteiger partial charge in [-0.2, -0.15) is 0 Å². The minimum absolute atomic E-state index is 0.137. The fourth-order valence-corrected chi connectivity index (χ4v) is 2.42. The minimum Gasteiger partial charge on any atom is -0.355 e. The topological polar surface area (TPSA) is 58.1 Å². The quantitative estimate of drug-likeness (QED) is 0.905. The van der Waals surface area contributed by atoms with E-state index in [-0.39, 0.29) is 5.91 Å². The fourth-order valence-electron chi connectivity index (χ4n) is 2.42. The molecule has 1 fully saturated rings. The number of carbonyl (C=O) groups excluding carboxylic acids is 1. The fraction of sp³-hybridized carbons (Fsp3) is 0.688. The monoisotopic (exact) mass is 290 g/mol. The molecule has 0 aromatic carbocycles. The van der Waals surface area contributed by atoms with E-state index in [0.29, 0.717) is 18.2 Å². The Balaban J connectivity index is 1.88. The van der Waals surface area contributed by atoms with Gasteiger partial charge in [-0.3, -0.25) is 4.79 Å². The summed E-state index contributed by atoms with van der Waals surface area (Å²) in [5.41, 5.74) is 0.396. The highest BCUT2D eigenvalue weighted by atomic mass is 16.1. The number of amides is 1. The van der Waals surface area contributed by atoms with Gasteiger partial charge in [0.05, 0.1) is 0 Å². The van der Waals surface area contributed by atoms with Gasteiger partial charge < -0.3 is 10.2 Å². The van der Waals surface area contributed by atoms with E-state index in [1.807, 2.05) is 6.07 Å². The van der Waals surface area contributed by atoms with Crippen molar-refractivity contribution in [2.45, 2.75) is 40.0 Å². The second-order valence-corrected chi connectivity index (χ2v) is 6.38. The molecule has 1 aliphatic heterocycles. The summed E-state index contributed by atoms with van der Waals surface area (Å²) in [6.07, 6.45) is 3.36. The highest BCUT2D eigenvalue weighted by molar-refractivity contribution is 5.92. The molecule has 1 amide bonds. The van der Waals surface area contributed by atoms with Gasteiger partial charge in [0.25, 0.3) is 5.91 Å². The third-order valence-electron chi connectivity index (χ3n) is 4.00. The molecule has 0 bridgehead atoms. The second kappa shape index (κ2) is 7.38. The van der Waals surface area contributed by atoms with E-state index < -0.39 is 0 Å². The molecule has 1 N–H and O–H groups in total. The first-order valence-corrected chi connectivity index (χ1v) is 7.93. The molecule has 0 unspecified atom stereocenters. The molecule has 1 aromatic rings. The maximum atomic E-state index is 11.9. The van der Waals surface area contributed by atoms with Gasteiger partial charge in [-0.15, -0.1) is 10.2 Å². The molecule has 5 nitrogen and oxygen atoms in total. The summed E-state index contributed by atoms with van der Waals surface area (Å²) in [5.74, 6) is 2.11. The molecule has 5 heteroatoms. The molecule has 21 heavy (non-hydrogen) atoms. The zero-order valence-corrected chi connectivity index (χ0v) is 13.3. The van der Waals surface area contributed by atoms with Crippen molar-refractivity contribution in [3.05, 3.63) is 17.8 Å². The van der Waals surface area contributed by atoms with Gasteiger partial charge in [-0.1, -0.05) is 20.8 Å². The predicted octanol–water partition coefficient (Wildman–Crippen LogP) is 2.49. The normalized spacial score (nSPS) is 16.3. The first kappa shape index (κ1) is 15.7. The highest BCUT2D eigenvalue weighted by Crippen LogP contribution is 2.20. The van der Waals surface area contributed by atoms with Crippen molar-refractivity contribution < 1.29 is 4.79 Å². The van der Waals surface area contributed by atoms with Crippen molar-refractivity contribution in [2.24, 2.45) is 11.8 Å². The van der Waals surface area contributed by atoms with Crippen molar-refractivity contribution in [2.75, 3.05) is 24.5 Å². The van der Waals surface area contributed by atoms with Crippen LogP contribution in [0.15, 0.2) is 12.1 Å². The van der Waals surface area contributed by atoms with Crippen LogP contribution in [0.5, 0.6) is 0 Å². The smallest absolute Gasteiger partial charge is 0.271 e. The summed E-state index contributed by atoms with van der Waals surface area (Å²) in [4.78, 5) is 14.2. The summed E-state index contributed by atoms with van der Waals surface area (Å²) in [6.45, 7) is 9.30. The third kappa shape index (κ3) is 4.69. The first-order valence-electron chi connectivity index (χ1n) is 7.93. The SMILES string of the molecule is CC(C)CCNC(=O)c1ccc(N2CCC(C)CC2)nn1. The van der Waals surface area contributed by atoms with Gasteiger partial charge in [0.15, 0.2) is 11.5 Å². The second-order valence-electron chi connectivity index (χ2n) is 6.38. The van der Waals surface area contributed by atoms with Gasteiger partial charge in [0, 0.05) is 19.6 Å². The maximum absolute atomic E-state index is 11.9. The average Bonchev–Trinajstić information content (AvgIpc) is 2.48. The van der Waals surface area contributed by atoms with E-state index in [2.05, 4.69) is 41.2 Å². The minimum atomic E-state index is -0.137. The molecule has 2 heterocycles. The Morgan fingerprint density at radius 1 is 1.33 bits per heavy atom. The molecule has 1 aromatic heterocycles. The molecule has 1 aliphatic rings. The summed E-state index contributed by atoms with van der Waals surface area (Å²) >= 11 is 0. The summed E-state index contributed by atoms with van der Waals surface area (Å²) in [5, 5.41) is 11.2. The van der Waals surface area contributed by atoms with Crippen LogP contribution in [0, 0.1) is 11.8 Å². The van der Waals surface area contributed by atoms with E-state index in [1.165, 1.54) is 12.8 Å². The van der Waals surface area contributed by atoms with Crippen LogP contribution in [-0.2, 0) is 0 Å². The lowest BCUT2D eigenvalue weighted by Crippen LogP contribution is -2.33. The molecule has 0 radical (unpaired) electrons. The number of carbonyl (C=O) groups is 1. The number of rotatable bonds is 5. The molecule has 2 rings (SSSR count). The summed E-state index contributed by atoms with van der Waals surface area (Å²) in [6, 6.07) is 3.67. The Bertz CT molecular complexity index is 450. The van der Waals surface area contributed by atoms with Crippen molar-refractivity contribution in [1.29, 1.82) is 0 Å². The van der Waals surface area contributed by atoms with Crippen LogP contribution in [0.25, 0.3) is 0 Å². The summed E-state index contributed by atoms with van der Waals surface area (Å²) in [7, 11) is 0. The number of aromatic nitrogens is 2. The van der Waals surface area contributed by atoms with Crippen molar-refractivity contribution in [3.63, 3.8) is 0 Å². The Morgan fingerprint density at radius 2 is 2.05 bits per heavy atom. The number of anilines is 1. The molecule has 0 saturated carbocycles.